The highest BCUT2D eigenvalue weighted by atomic mass is 16.5. The van der Waals surface area contributed by atoms with Crippen molar-refractivity contribution >= 4 is 66.7 Å². The van der Waals surface area contributed by atoms with E-state index in [9.17, 15) is 0 Å². The Hall–Kier alpha value is -11.4. The number of benzene rings is 13. The molecule has 0 saturated heterocycles. The summed E-state index contributed by atoms with van der Waals surface area (Å²) in [7, 11) is 0. The average Bonchev–Trinajstić information content (AvgIpc) is 0.671. The molecule has 2 aliphatic rings. The quantitative estimate of drug-likeness (QED) is 0.0284. The first-order valence-corrected chi connectivity index (χ1v) is 39.0. The van der Waals surface area contributed by atoms with Crippen molar-refractivity contribution in [2.45, 2.75) is 150 Å². The van der Waals surface area contributed by atoms with Crippen molar-refractivity contribution in [1.29, 1.82) is 0 Å². The maximum absolute atomic E-state index is 16.2. The summed E-state index contributed by atoms with van der Waals surface area (Å²) in [6.07, 6.45) is 6.19. The number of carbonyl (C=O) groups excluding carboxylic acids is 4. The number of hydrogen-bond donors (Lipinski definition) is 0. The maximum Gasteiger partial charge on any atom is 0.261 e. The summed E-state index contributed by atoms with van der Waals surface area (Å²) < 4.78 is 30.1. The van der Waals surface area contributed by atoms with E-state index in [2.05, 4.69) is 229 Å². The average molecular weight is 1440 g/mol. The molecule has 0 radical (unpaired) electrons. The van der Waals surface area contributed by atoms with Crippen molar-refractivity contribution in [2.75, 3.05) is 13.1 Å². The monoisotopic (exact) mass is 1440 g/mol. The van der Waals surface area contributed by atoms with Gasteiger partial charge >= 0.3 is 0 Å². The second-order valence-electron chi connectivity index (χ2n) is 32.3. The van der Waals surface area contributed by atoms with Gasteiger partial charge in [0.2, 0.25) is 0 Å². The number of nitrogens with zero attached hydrogens (tertiary/aromatic N) is 2. The Labute approximate surface area is 641 Å². The van der Waals surface area contributed by atoms with Crippen molar-refractivity contribution in [1.82, 2.24) is 9.80 Å². The van der Waals surface area contributed by atoms with Crippen LogP contribution in [0, 0.1) is 11.8 Å². The van der Waals surface area contributed by atoms with Crippen LogP contribution in [-0.2, 0) is 21.7 Å². The zero-order valence-electron chi connectivity index (χ0n) is 64.8. The Morgan fingerprint density at radius 2 is 0.532 bits per heavy atom. The predicted octanol–water partition coefficient (Wildman–Crippen LogP) is 25.4. The topological polar surface area (TPSA) is 112 Å². The van der Waals surface area contributed by atoms with Gasteiger partial charge in [-0.2, -0.15) is 0 Å². The fourth-order valence-electron chi connectivity index (χ4n) is 16.7. The van der Waals surface area contributed by atoms with E-state index in [0.29, 0.717) is 66.1 Å². The number of imide groups is 2. The van der Waals surface area contributed by atoms with Gasteiger partial charge in [-0.25, -0.2) is 0 Å². The molecule has 0 fully saturated rings. The lowest BCUT2D eigenvalue weighted by Crippen LogP contribution is -2.43. The summed E-state index contributed by atoms with van der Waals surface area (Å²) in [5.41, 5.74) is 8.26. The molecule has 0 spiro atoms. The van der Waals surface area contributed by atoms with E-state index in [0.717, 1.165) is 89.5 Å². The van der Waals surface area contributed by atoms with E-state index in [-0.39, 0.29) is 70.2 Å². The third kappa shape index (κ3) is 13.3. The number of ether oxygens (including phenoxy) is 4. The summed E-state index contributed by atoms with van der Waals surface area (Å²) >= 11 is 0. The molecule has 0 saturated carbocycles. The first-order valence-electron chi connectivity index (χ1n) is 39.0. The molecule has 2 aliphatic heterocycles. The summed E-state index contributed by atoms with van der Waals surface area (Å²) in [5.74, 6) is 1.12. The van der Waals surface area contributed by atoms with E-state index in [1.807, 2.05) is 72.8 Å². The van der Waals surface area contributed by atoms with Crippen molar-refractivity contribution in [3.8, 4) is 46.0 Å². The van der Waals surface area contributed by atoms with Crippen LogP contribution < -0.4 is 18.9 Å². The first kappa shape index (κ1) is 73.2. The molecule has 4 amide bonds. The second kappa shape index (κ2) is 29.3. The van der Waals surface area contributed by atoms with Crippen LogP contribution in [-0.4, -0.2) is 46.5 Å². The lowest BCUT2D eigenvalue weighted by molar-refractivity contribution is 0.0567. The molecule has 2 heterocycles. The molecule has 550 valence electrons. The Kier molecular flexibility index (Phi) is 19.7. The predicted molar refractivity (Wildman–Crippen MR) is 441 cm³/mol. The molecule has 15 rings (SSSR count). The molecule has 109 heavy (non-hydrogen) atoms. The largest absolute Gasteiger partial charge is 0.457 e. The molecule has 0 N–H and O–H groups in total. The van der Waals surface area contributed by atoms with E-state index in [1.54, 1.807) is 24.3 Å². The van der Waals surface area contributed by atoms with Crippen molar-refractivity contribution in [2.24, 2.45) is 11.8 Å². The number of amides is 4. The highest BCUT2D eigenvalue weighted by molar-refractivity contribution is 6.45. The molecule has 0 bridgehead atoms. The molecule has 2 unspecified atom stereocenters. The minimum Gasteiger partial charge on any atom is -0.457 e. The van der Waals surface area contributed by atoms with Crippen LogP contribution in [0.3, 0.4) is 0 Å². The maximum atomic E-state index is 16.2. The van der Waals surface area contributed by atoms with Crippen LogP contribution in [0.2, 0.25) is 0 Å². The first-order chi connectivity index (χ1) is 52.5. The van der Waals surface area contributed by atoms with Gasteiger partial charge < -0.3 is 18.9 Å². The summed E-state index contributed by atoms with van der Waals surface area (Å²) in [6, 6.07) is 81.1. The third-order valence-corrected chi connectivity index (χ3v) is 23.8. The van der Waals surface area contributed by atoms with E-state index >= 15 is 19.2 Å². The summed E-state index contributed by atoms with van der Waals surface area (Å²) in [4.78, 5) is 67.6. The van der Waals surface area contributed by atoms with E-state index in [4.69, 9.17) is 18.9 Å². The Morgan fingerprint density at radius 1 is 0.294 bits per heavy atom. The normalized spacial score (nSPS) is 14.0. The van der Waals surface area contributed by atoms with Gasteiger partial charge in [0.15, 0.2) is 0 Å². The second-order valence-corrected chi connectivity index (χ2v) is 32.3. The minimum atomic E-state index is -0.463. The minimum absolute atomic E-state index is 0.0229. The molecular weight excluding hydrogens is 1350 g/mol. The number of rotatable bonds is 27. The third-order valence-electron chi connectivity index (χ3n) is 23.8. The lowest BCUT2D eigenvalue weighted by atomic mass is 9.78. The van der Waals surface area contributed by atoms with Gasteiger partial charge in [-0.05, 0) is 142 Å². The van der Waals surface area contributed by atoms with Gasteiger partial charge in [0.25, 0.3) is 23.6 Å². The molecule has 2 atom stereocenters. The smallest absolute Gasteiger partial charge is 0.261 e. The van der Waals surface area contributed by atoms with Crippen LogP contribution in [0.5, 0.6) is 46.0 Å². The fraction of sp³-hybridized carbons (Fsp3) is 0.273. The number of hydrogen-bond acceptors (Lipinski definition) is 8. The van der Waals surface area contributed by atoms with Crippen LogP contribution in [0.4, 0.5) is 0 Å². The van der Waals surface area contributed by atoms with Gasteiger partial charge in [-0.3, -0.25) is 29.0 Å². The van der Waals surface area contributed by atoms with Crippen LogP contribution >= 0.6 is 0 Å². The molecule has 13 aromatic rings. The molecule has 10 heteroatoms. The molecule has 0 aliphatic carbocycles. The zero-order valence-corrected chi connectivity index (χ0v) is 64.8. The summed E-state index contributed by atoms with van der Waals surface area (Å²) in [5, 5.41) is 3.55. The SMILES string of the molecule is CCCCC(C)CN1C(=O)c2cc(Oc3ccc(C(C)(C)c4ccccc4)cc3)c3c4c(Oc5ccc(C(C)(C)c6ccccc6)cc5)cc5c6c(cc(Oc7ccc(C(C)(C)c8ccccc8)cc7)c(c7c(Oc8ccc(C(C)(C)c9ccccc9)cc8)cc(c2c37)C1=O)c64)C(=O)N(CC(CC)CCCC)C5=O. The van der Waals surface area contributed by atoms with Gasteiger partial charge in [-0.1, -0.05) is 285 Å². The van der Waals surface area contributed by atoms with Gasteiger partial charge in [0.05, 0.1) is 22.3 Å². The highest BCUT2D eigenvalue weighted by Crippen LogP contribution is 2.59. The lowest BCUT2D eigenvalue weighted by Gasteiger charge is -2.34. The van der Waals surface area contributed by atoms with Gasteiger partial charge in [-0.15, -0.1) is 0 Å². The van der Waals surface area contributed by atoms with Crippen molar-refractivity contribution in [3.63, 3.8) is 0 Å². The van der Waals surface area contributed by atoms with Gasteiger partial charge in [0.1, 0.15) is 46.0 Å². The van der Waals surface area contributed by atoms with Crippen LogP contribution in [0.25, 0.3) is 43.1 Å². The van der Waals surface area contributed by atoms with E-state index in [1.165, 1.54) is 9.80 Å². The number of fused-ring (bicyclic) bond motifs is 2. The zero-order chi connectivity index (χ0) is 76.3. The Morgan fingerprint density at radius 3 is 0.780 bits per heavy atom. The van der Waals surface area contributed by atoms with E-state index < -0.39 is 45.3 Å². The standard InChI is InChI=1S/C99H96N2O8/c1-13-16-30-62(4)60-100-92(102)76-56-80(106-72-48-40-68(41-49-72)96(5,6)64-32-22-18-23-33-64)86-88-82(108-74-52-44-70(45-53-74)98(9,10)66-36-26-20-27-37-66)58-78-85-79(95(105)101(94(78)104)61-63(15-3)31-17-14-2)59-83(109-75-54-46-71(47-55-75)99(11,12)67-38-28-21-29-39-67)89(91(85)88)87-81(57-77(93(100)103)84(76)90(86)87)107-73-50-42-69(43-51-73)97(7,8)65-34-24-19-25-35-65/h18-29,32-59,62-63H,13-17,30-31,60-61H2,1-12H3. The fourth-order valence-corrected chi connectivity index (χ4v) is 16.7. The molecule has 10 nitrogen and oxygen atoms in total. The van der Waals surface area contributed by atoms with Crippen molar-refractivity contribution < 1.29 is 38.1 Å². The highest BCUT2D eigenvalue weighted by Gasteiger charge is 2.43. The molecule has 0 aromatic heterocycles. The Balaban J connectivity index is 1.07. The molecular formula is C99H96N2O8. The molecule has 13 aromatic carbocycles. The van der Waals surface area contributed by atoms with Crippen molar-refractivity contribution in [3.05, 3.63) is 309 Å². The van der Waals surface area contributed by atoms with Crippen LogP contribution in [0.1, 0.15) is 214 Å². The number of unbranched alkanes of at least 4 members (excludes halogenated alkanes) is 2. The summed E-state index contributed by atoms with van der Waals surface area (Å²) in [6.45, 7) is 26.5. The van der Waals surface area contributed by atoms with Gasteiger partial charge in [0, 0.05) is 77.8 Å². The van der Waals surface area contributed by atoms with Crippen LogP contribution in [0.15, 0.2) is 243 Å². The number of carbonyl (C=O) groups is 4. The Bertz CT molecular complexity index is 5250.